The van der Waals surface area contributed by atoms with Gasteiger partial charge in [0.2, 0.25) is 0 Å². The molecule has 1 N–H and O–H groups in total. The van der Waals surface area contributed by atoms with Gasteiger partial charge < -0.3 is 14.8 Å². The zero-order valence-electron chi connectivity index (χ0n) is 17.7. The van der Waals surface area contributed by atoms with E-state index in [9.17, 15) is 5.26 Å². The zero-order valence-corrected chi connectivity index (χ0v) is 19.3. The van der Waals surface area contributed by atoms with Gasteiger partial charge in [-0.05, 0) is 30.3 Å². The predicted octanol–water partition coefficient (Wildman–Crippen LogP) is 6.57. The minimum Gasteiger partial charge on any atom is -0.495 e. The molecule has 162 valence electrons. The zero-order chi connectivity index (χ0) is 23.4. The topological polar surface area (TPSA) is 67.2 Å². The number of pyridine rings is 1. The van der Waals surface area contributed by atoms with Crippen LogP contribution in [0.1, 0.15) is 16.7 Å². The molecule has 0 aliphatic heterocycles. The molecule has 0 saturated heterocycles. The van der Waals surface area contributed by atoms with E-state index in [0.29, 0.717) is 54.9 Å². The maximum absolute atomic E-state index is 9.70. The molecule has 0 radical (unpaired) electrons. The van der Waals surface area contributed by atoms with E-state index in [0.717, 1.165) is 5.56 Å². The Balaban J connectivity index is 1.85. The van der Waals surface area contributed by atoms with Crippen LogP contribution in [0.15, 0.2) is 60.8 Å². The molecule has 0 spiro atoms. The van der Waals surface area contributed by atoms with Crippen molar-refractivity contribution in [2.45, 2.75) is 0 Å². The largest absolute Gasteiger partial charge is 0.495 e. The first kappa shape index (κ1) is 22.3. The van der Waals surface area contributed by atoms with E-state index in [2.05, 4.69) is 28.2 Å². The normalized spacial score (nSPS) is 10.2. The van der Waals surface area contributed by atoms with Crippen LogP contribution in [0.5, 0.6) is 11.5 Å². The van der Waals surface area contributed by atoms with Gasteiger partial charge in [-0.1, -0.05) is 53.2 Å². The Hall–Kier alpha value is -3.90. The molecule has 1 heterocycles. The van der Waals surface area contributed by atoms with Crippen molar-refractivity contribution < 1.29 is 9.47 Å². The second-order valence-corrected chi connectivity index (χ2v) is 7.75. The number of nitriles is 1. The van der Waals surface area contributed by atoms with Crippen molar-refractivity contribution in [3.63, 3.8) is 0 Å². The van der Waals surface area contributed by atoms with Crippen LogP contribution in [0.4, 0.5) is 11.4 Å². The van der Waals surface area contributed by atoms with Gasteiger partial charge in [0.1, 0.15) is 17.6 Å². The van der Waals surface area contributed by atoms with Gasteiger partial charge in [-0.15, -0.1) is 0 Å². The summed E-state index contributed by atoms with van der Waals surface area (Å²) in [6.07, 6.45) is 1.51. The molecule has 5 nitrogen and oxygen atoms in total. The van der Waals surface area contributed by atoms with E-state index in [4.69, 9.17) is 32.7 Å². The number of nitrogens with one attached hydrogen (secondary N) is 1. The summed E-state index contributed by atoms with van der Waals surface area (Å²) in [6.45, 7) is 0. The quantitative estimate of drug-likeness (QED) is 0.339. The number of hydrogen-bond acceptors (Lipinski definition) is 5. The molecule has 0 aliphatic carbocycles. The number of ether oxygens (including phenoxy) is 2. The number of aromatic nitrogens is 1. The summed E-state index contributed by atoms with van der Waals surface area (Å²) in [7, 11) is 3.09. The molecule has 7 heteroatoms. The Morgan fingerprint density at radius 3 is 2.33 bits per heavy atom. The number of methoxy groups -OCH3 is 2. The summed E-state index contributed by atoms with van der Waals surface area (Å²) in [5, 5.41) is 14.4. The highest BCUT2D eigenvalue weighted by Crippen LogP contribution is 2.38. The minimum atomic E-state index is 0.345. The Kier molecular flexibility index (Phi) is 6.56. The van der Waals surface area contributed by atoms with Crippen molar-refractivity contribution in [3.05, 3.63) is 87.5 Å². The summed E-state index contributed by atoms with van der Waals surface area (Å²) in [5.41, 5.74) is 3.64. The van der Waals surface area contributed by atoms with Crippen molar-refractivity contribution >= 4 is 45.5 Å². The average Bonchev–Trinajstić information content (AvgIpc) is 2.84. The monoisotopic (exact) mass is 473 g/mol. The molecule has 0 amide bonds. The van der Waals surface area contributed by atoms with Gasteiger partial charge >= 0.3 is 0 Å². The number of benzene rings is 3. The Morgan fingerprint density at radius 2 is 1.64 bits per heavy atom. The summed E-state index contributed by atoms with van der Waals surface area (Å²) < 4.78 is 10.9. The molecule has 33 heavy (non-hydrogen) atoms. The molecular formula is C26H17Cl2N3O2. The average molecular weight is 474 g/mol. The molecule has 0 unspecified atom stereocenters. The highest BCUT2D eigenvalue weighted by molar-refractivity contribution is 6.37. The van der Waals surface area contributed by atoms with E-state index in [-0.39, 0.29) is 0 Å². The van der Waals surface area contributed by atoms with Gasteiger partial charge in [-0.3, -0.25) is 4.98 Å². The van der Waals surface area contributed by atoms with Crippen LogP contribution in [0.3, 0.4) is 0 Å². The first-order chi connectivity index (χ1) is 16.0. The van der Waals surface area contributed by atoms with Gasteiger partial charge in [0, 0.05) is 23.2 Å². The van der Waals surface area contributed by atoms with Crippen LogP contribution in [-0.2, 0) is 0 Å². The molecule has 0 aliphatic rings. The lowest BCUT2D eigenvalue weighted by molar-refractivity contribution is 0.414. The van der Waals surface area contributed by atoms with Crippen LogP contribution >= 0.6 is 23.2 Å². The van der Waals surface area contributed by atoms with Crippen LogP contribution in [0.2, 0.25) is 10.0 Å². The molecular weight excluding hydrogens is 457 g/mol. The molecule has 0 saturated carbocycles. The van der Waals surface area contributed by atoms with Crippen molar-refractivity contribution in [2.75, 3.05) is 19.5 Å². The Labute approximate surface area is 201 Å². The first-order valence-corrected chi connectivity index (χ1v) is 10.6. The lowest BCUT2D eigenvalue weighted by Gasteiger charge is -2.15. The fraction of sp³-hybridized carbons (Fsp3) is 0.0769. The van der Waals surface area contributed by atoms with Crippen molar-refractivity contribution in [1.29, 1.82) is 5.26 Å². The van der Waals surface area contributed by atoms with Gasteiger partial charge in [0.05, 0.1) is 52.3 Å². The third-order valence-electron chi connectivity index (χ3n) is 4.93. The lowest BCUT2D eigenvalue weighted by atomic mass is 10.1. The maximum Gasteiger partial charge on any atom is 0.139 e. The lowest BCUT2D eigenvalue weighted by Crippen LogP contribution is -1.99. The number of anilines is 2. The number of nitrogens with zero attached hydrogens (tertiary/aromatic N) is 2. The number of rotatable bonds is 4. The van der Waals surface area contributed by atoms with Crippen LogP contribution in [-0.4, -0.2) is 19.2 Å². The fourth-order valence-electron chi connectivity index (χ4n) is 3.28. The second-order valence-electron chi connectivity index (χ2n) is 6.94. The summed E-state index contributed by atoms with van der Waals surface area (Å²) in [5.74, 6) is 7.30. The van der Waals surface area contributed by atoms with Gasteiger partial charge in [-0.2, -0.15) is 5.26 Å². The second kappa shape index (κ2) is 9.71. The molecule has 3 aromatic carbocycles. The molecule has 0 bridgehead atoms. The van der Waals surface area contributed by atoms with E-state index >= 15 is 0 Å². The highest BCUT2D eigenvalue weighted by Gasteiger charge is 2.15. The third kappa shape index (κ3) is 4.66. The van der Waals surface area contributed by atoms with Crippen LogP contribution in [0.25, 0.3) is 10.9 Å². The summed E-state index contributed by atoms with van der Waals surface area (Å²) >= 11 is 12.6. The molecule has 0 fully saturated rings. The van der Waals surface area contributed by atoms with Gasteiger partial charge in [0.15, 0.2) is 0 Å². The van der Waals surface area contributed by atoms with Crippen LogP contribution in [0, 0.1) is 23.2 Å². The Bertz CT molecular complexity index is 1450. The molecule has 1 aromatic heterocycles. The fourth-order valence-corrected chi connectivity index (χ4v) is 3.79. The van der Waals surface area contributed by atoms with Crippen molar-refractivity contribution in [3.8, 4) is 29.4 Å². The molecule has 0 atom stereocenters. The predicted molar refractivity (Wildman–Crippen MR) is 132 cm³/mol. The van der Waals surface area contributed by atoms with Crippen molar-refractivity contribution in [1.82, 2.24) is 4.98 Å². The van der Waals surface area contributed by atoms with E-state index in [1.807, 2.05) is 42.5 Å². The Morgan fingerprint density at radius 1 is 0.879 bits per heavy atom. The van der Waals surface area contributed by atoms with Gasteiger partial charge in [-0.25, -0.2) is 0 Å². The van der Waals surface area contributed by atoms with E-state index in [1.165, 1.54) is 13.3 Å². The minimum absolute atomic E-state index is 0.345. The first-order valence-electron chi connectivity index (χ1n) is 9.82. The third-order valence-corrected chi connectivity index (χ3v) is 5.53. The summed E-state index contributed by atoms with van der Waals surface area (Å²) in [4.78, 5) is 4.45. The molecule has 4 aromatic rings. The number of hydrogen-bond donors (Lipinski definition) is 1. The van der Waals surface area contributed by atoms with E-state index in [1.54, 1.807) is 19.2 Å². The smallest absolute Gasteiger partial charge is 0.139 e. The van der Waals surface area contributed by atoms with Crippen LogP contribution < -0.4 is 14.8 Å². The van der Waals surface area contributed by atoms with E-state index < -0.39 is 0 Å². The van der Waals surface area contributed by atoms with Gasteiger partial charge in [0.25, 0.3) is 0 Å². The summed E-state index contributed by atoms with van der Waals surface area (Å²) in [6, 6.07) is 18.7. The standard InChI is InChI=1S/C26H17Cl2N3O2/c1-32-24-11-19-22(10-17(24)9-8-16-6-4-3-5-7-16)30-15-18(14-29)26(19)31-23-13-25(33-2)21(28)12-20(23)27/h3-7,10-13,15H,1-2H3,(H,30,31). The molecule has 4 rings (SSSR count). The maximum atomic E-state index is 9.70. The number of fused-ring (bicyclic) bond motifs is 1. The van der Waals surface area contributed by atoms with Crippen molar-refractivity contribution in [2.24, 2.45) is 0 Å². The number of halogens is 2. The SMILES string of the molecule is COc1cc(Nc2c(C#N)cnc3cc(C#Cc4ccccc4)c(OC)cc23)c(Cl)cc1Cl. The highest BCUT2D eigenvalue weighted by atomic mass is 35.5.